The maximum atomic E-state index is 12.0. The van der Waals surface area contributed by atoms with Crippen LogP contribution in [0, 0.1) is 5.21 Å². The summed E-state index contributed by atoms with van der Waals surface area (Å²) < 4.78 is 5.59. The van der Waals surface area contributed by atoms with Crippen molar-refractivity contribution < 1.29 is 19.1 Å². The zero-order valence-electron chi connectivity index (χ0n) is 12.1. The summed E-state index contributed by atoms with van der Waals surface area (Å²) in [6.45, 7) is 2.26. The van der Waals surface area contributed by atoms with Crippen molar-refractivity contribution in [1.29, 1.82) is 0 Å². The second-order valence-corrected chi connectivity index (χ2v) is 4.62. The van der Waals surface area contributed by atoms with Gasteiger partial charge in [-0.2, -0.15) is 4.73 Å². The number of carbonyl (C=O) groups excluding carboxylic acids is 2. The van der Waals surface area contributed by atoms with Gasteiger partial charge in [-0.05, 0) is 30.7 Å². The number of carbonyl (C=O) groups is 2. The fourth-order valence-corrected chi connectivity index (χ4v) is 1.79. The summed E-state index contributed by atoms with van der Waals surface area (Å²) in [6, 6.07) is 9.47. The molecule has 0 bridgehead atoms. The van der Waals surface area contributed by atoms with Crippen molar-refractivity contribution in [1.82, 2.24) is 0 Å². The molecule has 22 heavy (non-hydrogen) atoms. The normalized spacial score (nSPS) is 10.0. The molecule has 2 rings (SSSR count). The number of pyridine rings is 1. The van der Waals surface area contributed by atoms with Crippen LogP contribution in [0.2, 0.25) is 0 Å². The molecule has 6 heteroatoms. The van der Waals surface area contributed by atoms with Crippen LogP contribution >= 0.6 is 0 Å². The summed E-state index contributed by atoms with van der Waals surface area (Å²) in [4.78, 5) is 23.8. The van der Waals surface area contributed by atoms with E-state index in [1.165, 1.54) is 30.6 Å². The van der Waals surface area contributed by atoms with Crippen LogP contribution in [0.25, 0.3) is 0 Å². The highest BCUT2D eigenvalue weighted by molar-refractivity contribution is 6.04. The van der Waals surface area contributed by atoms with Gasteiger partial charge in [0.1, 0.15) is 5.56 Å². The minimum absolute atomic E-state index is 0.233. The van der Waals surface area contributed by atoms with Gasteiger partial charge in [-0.3, -0.25) is 4.79 Å². The molecule has 1 aromatic carbocycles. The number of anilines is 1. The molecule has 0 fully saturated rings. The van der Waals surface area contributed by atoms with Crippen LogP contribution in [0.1, 0.15) is 34.1 Å². The fraction of sp³-hybridized carbons (Fsp3) is 0.188. The molecular formula is C16H16N2O4. The van der Waals surface area contributed by atoms with Crippen LogP contribution < -0.4 is 10.0 Å². The molecule has 0 saturated carbocycles. The lowest BCUT2D eigenvalue weighted by Crippen LogP contribution is -2.27. The van der Waals surface area contributed by atoms with Gasteiger partial charge in [-0.15, -0.1) is 0 Å². The third-order valence-electron chi connectivity index (χ3n) is 2.83. The molecule has 0 aliphatic heterocycles. The van der Waals surface area contributed by atoms with Crippen molar-refractivity contribution in [2.75, 3.05) is 11.9 Å². The molecule has 2 aromatic rings. The van der Waals surface area contributed by atoms with Crippen LogP contribution in [0.15, 0.2) is 48.8 Å². The van der Waals surface area contributed by atoms with Gasteiger partial charge in [0.15, 0.2) is 12.4 Å². The van der Waals surface area contributed by atoms with Gasteiger partial charge in [0, 0.05) is 11.8 Å². The average Bonchev–Trinajstić information content (AvgIpc) is 2.52. The number of benzene rings is 1. The van der Waals surface area contributed by atoms with Crippen LogP contribution in [0.4, 0.5) is 5.69 Å². The Labute approximate surface area is 127 Å². The first-order valence-electron chi connectivity index (χ1n) is 6.87. The number of nitrogens with zero attached hydrogens (tertiary/aromatic N) is 1. The zero-order chi connectivity index (χ0) is 15.9. The topological polar surface area (TPSA) is 82.3 Å². The highest BCUT2D eigenvalue weighted by atomic mass is 16.5. The minimum atomic E-state index is -0.435. The first kappa shape index (κ1) is 15.5. The molecule has 1 N–H and O–H groups in total. The second-order valence-electron chi connectivity index (χ2n) is 4.62. The predicted octanol–water partition coefficient (Wildman–Crippen LogP) is 2.14. The Balaban J connectivity index is 2.10. The number of rotatable bonds is 5. The Morgan fingerprint density at radius 2 is 2.00 bits per heavy atom. The number of hydrogen-bond acceptors (Lipinski definition) is 4. The van der Waals surface area contributed by atoms with E-state index in [4.69, 9.17) is 4.74 Å². The SMILES string of the molecule is CCCOC(=O)c1cccc(NC(=O)c2ccc[n+]([O-])c2)c1. The van der Waals surface area contributed by atoms with Crippen LogP contribution in [-0.2, 0) is 4.74 Å². The monoisotopic (exact) mass is 300 g/mol. The standard InChI is InChI=1S/C16H16N2O4/c1-2-9-22-16(20)12-5-3-7-14(10-12)17-15(19)13-6-4-8-18(21)11-13/h3-8,10-11H,2,9H2,1H3,(H,17,19). The Bertz CT molecular complexity index is 685. The van der Waals surface area contributed by atoms with E-state index in [1.807, 2.05) is 6.92 Å². The largest absolute Gasteiger partial charge is 0.619 e. The number of amides is 1. The van der Waals surface area contributed by atoms with E-state index in [0.29, 0.717) is 22.6 Å². The predicted molar refractivity (Wildman–Crippen MR) is 80.4 cm³/mol. The summed E-state index contributed by atoms with van der Waals surface area (Å²) >= 11 is 0. The molecule has 1 heterocycles. The van der Waals surface area contributed by atoms with Crippen molar-refractivity contribution in [3.8, 4) is 0 Å². The number of nitrogens with one attached hydrogen (secondary N) is 1. The molecule has 0 atom stereocenters. The van der Waals surface area contributed by atoms with Gasteiger partial charge in [-0.1, -0.05) is 13.0 Å². The third-order valence-corrected chi connectivity index (χ3v) is 2.83. The maximum Gasteiger partial charge on any atom is 0.338 e. The van der Waals surface area contributed by atoms with E-state index in [9.17, 15) is 14.8 Å². The average molecular weight is 300 g/mol. The smallest absolute Gasteiger partial charge is 0.338 e. The van der Waals surface area contributed by atoms with Crippen LogP contribution in [-0.4, -0.2) is 18.5 Å². The van der Waals surface area contributed by atoms with Crippen LogP contribution in [0.3, 0.4) is 0 Å². The molecule has 0 radical (unpaired) electrons. The lowest BCUT2D eigenvalue weighted by molar-refractivity contribution is -0.605. The number of ether oxygens (including phenoxy) is 1. The lowest BCUT2D eigenvalue weighted by Gasteiger charge is -2.07. The van der Waals surface area contributed by atoms with Crippen molar-refractivity contribution in [2.45, 2.75) is 13.3 Å². The van der Waals surface area contributed by atoms with Gasteiger partial charge in [0.2, 0.25) is 0 Å². The fourth-order valence-electron chi connectivity index (χ4n) is 1.79. The Kier molecular flexibility index (Phi) is 5.08. The minimum Gasteiger partial charge on any atom is -0.619 e. The third kappa shape index (κ3) is 4.05. The molecule has 1 amide bonds. The quantitative estimate of drug-likeness (QED) is 0.521. The molecule has 6 nitrogen and oxygen atoms in total. The number of esters is 1. The van der Waals surface area contributed by atoms with Crippen LogP contribution in [0.5, 0.6) is 0 Å². The number of aromatic nitrogens is 1. The summed E-state index contributed by atoms with van der Waals surface area (Å²) in [6.07, 6.45) is 3.21. The maximum absolute atomic E-state index is 12.0. The first-order valence-corrected chi connectivity index (χ1v) is 6.87. The van der Waals surface area contributed by atoms with Gasteiger partial charge in [0.25, 0.3) is 5.91 Å². The van der Waals surface area contributed by atoms with E-state index in [-0.39, 0.29) is 5.56 Å². The Morgan fingerprint density at radius 3 is 2.73 bits per heavy atom. The molecule has 0 unspecified atom stereocenters. The van der Waals surface area contributed by atoms with E-state index >= 15 is 0 Å². The van der Waals surface area contributed by atoms with Gasteiger partial charge in [0.05, 0.1) is 12.2 Å². The van der Waals surface area contributed by atoms with Crippen molar-refractivity contribution in [3.63, 3.8) is 0 Å². The lowest BCUT2D eigenvalue weighted by atomic mass is 10.2. The number of hydrogen-bond donors (Lipinski definition) is 1. The van der Waals surface area contributed by atoms with Crippen molar-refractivity contribution in [2.24, 2.45) is 0 Å². The molecule has 0 saturated heterocycles. The molecule has 0 aliphatic carbocycles. The van der Waals surface area contributed by atoms with E-state index < -0.39 is 11.9 Å². The van der Waals surface area contributed by atoms with E-state index in [1.54, 1.807) is 18.2 Å². The Morgan fingerprint density at radius 1 is 1.23 bits per heavy atom. The zero-order valence-corrected chi connectivity index (χ0v) is 12.1. The highest BCUT2D eigenvalue weighted by Gasteiger charge is 2.11. The summed E-state index contributed by atoms with van der Waals surface area (Å²) in [5.74, 6) is -0.862. The molecule has 114 valence electrons. The highest BCUT2D eigenvalue weighted by Crippen LogP contribution is 2.13. The first-order chi connectivity index (χ1) is 10.6. The second kappa shape index (κ2) is 7.21. The van der Waals surface area contributed by atoms with E-state index in [2.05, 4.69) is 5.32 Å². The molecule has 1 aromatic heterocycles. The summed E-state index contributed by atoms with van der Waals surface area (Å²) in [5, 5.41) is 13.8. The van der Waals surface area contributed by atoms with Gasteiger partial charge >= 0.3 is 5.97 Å². The summed E-state index contributed by atoms with van der Waals surface area (Å²) in [5.41, 5.74) is 1.05. The Hall–Kier alpha value is -2.89. The van der Waals surface area contributed by atoms with Crippen molar-refractivity contribution in [3.05, 3.63) is 65.1 Å². The van der Waals surface area contributed by atoms with Crippen molar-refractivity contribution >= 4 is 17.6 Å². The molecule has 0 spiro atoms. The molecule has 0 aliphatic rings. The van der Waals surface area contributed by atoms with E-state index in [0.717, 1.165) is 6.42 Å². The molecular weight excluding hydrogens is 284 g/mol. The van der Waals surface area contributed by atoms with Gasteiger partial charge < -0.3 is 15.3 Å². The summed E-state index contributed by atoms with van der Waals surface area (Å²) in [7, 11) is 0. The van der Waals surface area contributed by atoms with Gasteiger partial charge in [-0.25, -0.2) is 4.79 Å².